The number of hydrogen-bond acceptors (Lipinski definition) is 6. The number of aromatic nitrogens is 1. The van der Waals surface area contributed by atoms with Crippen LogP contribution in [0.1, 0.15) is 31.4 Å². The number of aryl methyl sites for hydroxylation is 2. The summed E-state index contributed by atoms with van der Waals surface area (Å²) in [5.74, 6) is 0.551. The van der Waals surface area contributed by atoms with Crippen LogP contribution in [0.5, 0.6) is 11.5 Å². The average Bonchev–Trinajstić information content (AvgIpc) is 3.09. The van der Waals surface area contributed by atoms with Gasteiger partial charge in [0.1, 0.15) is 11.5 Å². The van der Waals surface area contributed by atoms with Gasteiger partial charge in [0.05, 0.1) is 12.9 Å². The summed E-state index contributed by atoms with van der Waals surface area (Å²) in [4.78, 5) is 15.0. The van der Waals surface area contributed by atoms with Crippen molar-refractivity contribution < 1.29 is 26.9 Å². The van der Waals surface area contributed by atoms with Gasteiger partial charge in [-0.25, -0.2) is 4.79 Å². The first-order chi connectivity index (χ1) is 14.7. The van der Waals surface area contributed by atoms with Crippen LogP contribution in [0.4, 0.5) is 0 Å². The van der Waals surface area contributed by atoms with Crippen molar-refractivity contribution >= 4 is 27.0 Å². The maximum absolute atomic E-state index is 11.8. The van der Waals surface area contributed by atoms with Crippen LogP contribution in [0.3, 0.4) is 0 Å². The zero-order valence-corrected chi connectivity index (χ0v) is 18.7. The first-order valence-electron chi connectivity index (χ1n) is 10.2. The second-order valence-electron chi connectivity index (χ2n) is 7.32. The third-order valence-corrected chi connectivity index (χ3v) is 5.22. The van der Waals surface area contributed by atoms with Crippen molar-refractivity contribution in [2.45, 2.75) is 39.2 Å². The number of aromatic amines is 1. The second-order valence-corrected chi connectivity index (χ2v) is 8.90. The van der Waals surface area contributed by atoms with Crippen LogP contribution in [-0.4, -0.2) is 38.3 Å². The largest absolute Gasteiger partial charge is 0.479 e. The van der Waals surface area contributed by atoms with E-state index in [-0.39, 0.29) is 5.97 Å². The van der Waals surface area contributed by atoms with Gasteiger partial charge in [0.25, 0.3) is 0 Å². The fourth-order valence-electron chi connectivity index (χ4n) is 3.36. The third-order valence-electron chi connectivity index (χ3n) is 4.73. The zero-order chi connectivity index (χ0) is 22.4. The molecule has 0 radical (unpaired) electrons. The predicted molar refractivity (Wildman–Crippen MR) is 119 cm³/mol. The molecule has 8 heteroatoms. The van der Waals surface area contributed by atoms with Gasteiger partial charge in [-0.3, -0.25) is 0 Å². The normalized spacial score (nSPS) is 12.5. The van der Waals surface area contributed by atoms with E-state index in [9.17, 15) is 13.2 Å². The lowest BCUT2D eigenvalue weighted by atomic mass is 10.0. The molecule has 2 aromatic carbocycles. The van der Waals surface area contributed by atoms with Crippen LogP contribution in [-0.2, 0) is 32.5 Å². The van der Waals surface area contributed by atoms with Gasteiger partial charge in [0.15, 0.2) is 6.10 Å². The molecule has 0 fully saturated rings. The van der Waals surface area contributed by atoms with Gasteiger partial charge in [-0.2, -0.15) is 8.42 Å². The highest BCUT2D eigenvalue weighted by Crippen LogP contribution is 2.26. The fourth-order valence-corrected chi connectivity index (χ4v) is 3.81. The maximum Gasteiger partial charge on any atom is 0.347 e. The molecular weight excluding hydrogens is 418 g/mol. The summed E-state index contributed by atoms with van der Waals surface area (Å²) in [6.07, 6.45) is 4.84. The number of rotatable bonds is 10. The molecule has 0 spiro atoms. The lowest BCUT2D eigenvalue weighted by Crippen LogP contribution is -2.26. The Morgan fingerprint density at radius 2 is 1.90 bits per heavy atom. The van der Waals surface area contributed by atoms with Crippen LogP contribution in [0.25, 0.3) is 10.9 Å². The summed E-state index contributed by atoms with van der Waals surface area (Å²) in [6.45, 7) is 3.75. The number of fused-ring (bicyclic) bond motifs is 1. The Kier molecular flexibility index (Phi) is 7.22. The van der Waals surface area contributed by atoms with E-state index in [0.29, 0.717) is 18.1 Å². The lowest BCUT2D eigenvalue weighted by molar-refractivity contribution is -0.150. The van der Waals surface area contributed by atoms with Crippen molar-refractivity contribution in [2.24, 2.45) is 0 Å². The van der Waals surface area contributed by atoms with Crippen molar-refractivity contribution in [2.75, 3.05) is 12.9 Å². The highest BCUT2D eigenvalue weighted by Gasteiger charge is 2.15. The van der Waals surface area contributed by atoms with E-state index < -0.39 is 16.2 Å². The number of carbonyl (C=O) groups excluding carboxylic acids is 1. The topological polar surface area (TPSA) is 94.7 Å². The number of nitrogens with one attached hydrogen (secondary N) is 1. The minimum Gasteiger partial charge on any atom is -0.479 e. The first-order valence-corrected chi connectivity index (χ1v) is 12.0. The summed E-state index contributed by atoms with van der Waals surface area (Å²) in [5, 5.41) is 0.946. The minimum absolute atomic E-state index is 0.302. The molecule has 0 amide bonds. The molecule has 1 unspecified atom stereocenters. The van der Waals surface area contributed by atoms with Gasteiger partial charge in [-0.1, -0.05) is 12.1 Å². The molecule has 31 heavy (non-hydrogen) atoms. The van der Waals surface area contributed by atoms with Crippen LogP contribution >= 0.6 is 0 Å². The van der Waals surface area contributed by atoms with Gasteiger partial charge in [0.2, 0.25) is 0 Å². The molecule has 166 valence electrons. The Morgan fingerprint density at radius 1 is 1.10 bits per heavy atom. The van der Waals surface area contributed by atoms with Crippen molar-refractivity contribution in [1.29, 1.82) is 0 Å². The molecule has 0 aliphatic rings. The van der Waals surface area contributed by atoms with Crippen molar-refractivity contribution in [1.82, 2.24) is 4.98 Å². The van der Waals surface area contributed by atoms with Crippen LogP contribution in [0.15, 0.2) is 48.7 Å². The number of esters is 1. The summed E-state index contributed by atoms with van der Waals surface area (Å²) in [7, 11) is -3.57. The summed E-state index contributed by atoms with van der Waals surface area (Å²) in [5.41, 5.74) is 3.13. The molecule has 3 aromatic rings. The SMILES string of the molecule is CCOC(=O)C(C)Oc1cccc(CCCc2c[nH]c3ccc(OS(C)(=O)=O)cc23)c1. The Labute approximate surface area is 182 Å². The minimum atomic E-state index is -3.57. The van der Waals surface area contributed by atoms with E-state index in [4.69, 9.17) is 13.7 Å². The molecule has 7 nitrogen and oxygen atoms in total. The smallest absolute Gasteiger partial charge is 0.347 e. The molecule has 1 atom stereocenters. The van der Waals surface area contributed by atoms with Gasteiger partial charge in [-0.05, 0) is 74.6 Å². The van der Waals surface area contributed by atoms with Gasteiger partial charge in [0, 0.05) is 17.1 Å². The zero-order valence-electron chi connectivity index (χ0n) is 17.9. The third kappa shape index (κ3) is 6.49. The Bertz CT molecular complexity index is 1150. The summed E-state index contributed by atoms with van der Waals surface area (Å²) < 4.78 is 38.4. The van der Waals surface area contributed by atoms with E-state index in [1.165, 1.54) is 0 Å². The van der Waals surface area contributed by atoms with E-state index in [1.54, 1.807) is 26.0 Å². The van der Waals surface area contributed by atoms with E-state index in [1.807, 2.05) is 36.5 Å². The summed E-state index contributed by atoms with van der Waals surface area (Å²) >= 11 is 0. The van der Waals surface area contributed by atoms with Crippen molar-refractivity contribution in [3.63, 3.8) is 0 Å². The van der Waals surface area contributed by atoms with Crippen LogP contribution in [0.2, 0.25) is 0 Å². The Balaban J connectivity index is 1.62. The molecule has 0 bridgehead atoms. The van der Waals surface area contributed by atoms with E-state index in [0.717, 1.165) is 47.5 Å². The van der Waals surface area contributed by atoms with Crippen LogP contribution < -0.4 is 8.92 Å². The molecule has 1 N–H and O–H groups in total. The van der Waals surface area contributed by atoms with Crippen LogP contribution in [0, 0.1) is 0 Å². The standard InChI is InChI=1S/C23H27NO6S/c1-4-28-23(25)16(2)29-19-10-6-8-17(13-19)7-5-9-18-15-24-22-12-11-20(14-21(18)22)30-31(3,26)27/h6,8,10-16,24H,4-5,7,9H2,1-3H3. The molecule has 1 aromatic heterocycles. The maximum atomic E-state index is 11.8. The van der Waals surface area contributed by atoms with E-state index >= 15 is 0 Å². The van der Waals surface area contributed by atoms with E-state index in [2.05, 4.69) is 4.98 Å². The summed E-state index contributed by atoms with van der Waals surface area (Å²) in [6, 6.07) is 12.9. The van der Waals surface area contributed by atoms with Gasteiger partial charge < -0.3 is 18.6 Å². The average molecular weight is 446 g/mol. The highest BCUT2D eigenvalue weighted by molar-refractivity contribution is 7.86. The number of carbonyl (C=O) groups is 1. The predicted octanol–water partition coefficient (Wildman–Crippen LogP) is 4.01. The number of benzene rings is 2. The quantitative estimate of drug-likeness (QED) is 0.374. The number of hydrogen-bond donors (Lipinski definition) is 1. The number of H-pyrrole nitrogens is 1. The Hall–Kier alpha value is -3.00. The second kappa shape index (κ2) is 9.87. The number of ether oxygens (including phenoxy) is 2. The molecule has 0 saturated carbocycles. The first kappa shape index (κ1) is 22.7. The lowest BCUT2D eigenvalue weighted by Gasteiger charge is -2.14. The molecule has 1 heterocycles. The van der Waals surface area contributed by atoms with Crippen molar-refractivity contribution in [3.05, 3.63) is 59.8 Å². The fraction of sp³-hybridized carbons (Fsp3) is 0.348. The van der Waals surface area contributed by atoms with Gasteiger partial charge in [-0.15, -0.1) is 0 Å². The molecular formula is C23H27NO6S. The molecule has 3 rings (SSSR count). The molecule has 0 aliphatic carbocycles. The Morgan fingerprint density at radius 3 is 2.65 bits per heavy atom. The van der Waals surface area contributed by atoms with Gasteiger partial charge >= 0.3 is 16.1 Å². The van der Waals surface area contributed by atoms with Crippen molar-refractivity contribution in [3.8, 4) is 11.5 Å². The monoisotopic (exact) mass is 445 g/mol. The molecule has 0 aliphatic heterocycles. The highest BCUT2D eigenvalue weighted by atomic mass is 32.2. The molecule has 0 saturated heterocycles.